The van der Waals surface area contributed by atoms with Gasteiger partial charge in [-0.2, -0.15) is 0 Å². The maximum absolute atomic E-state index is 12.6. The van der Waals surface area contributed by atoms with Gasteiger partial charge in [0.2, 0.25) is 10.0 Å². The summed E-state index contributed by atoms with van der Waals surface area (Å²) in [6.45, 7) is 5.73. The predicted octanol–water partition coefficient (Wildman–Crippen LogP) is 3.15. The Hall–Kier alpha value is -2.47. The quantitative estimate of drug-likeness (QED) is 0.777. The molecule has 5 nitrogen and oxygen atoms in total. The number of sulfonamides is 1. The fourth-order valence-electron chi connectivity index (χ4n) is 2.94. The summed E-state index contributed by atoms with van der Waals surface area (Å²) in [6.07, 6.45) is 0. The molecule has 0 saturated carbocycles. The molecule has 3 rings (SSSR count). The van der Waals surface area contributed by atoms with Gasteiger partial charge < -0.3 is 0 Å². The van der Waals surface area contributed by atoms with E-state index < -0.39 is 28.3 Å². The number of hydrogen-bond acceptors (Lipinski definition) is 4. The molecule has 1 heterocycles. The van der Waals surface area contributed by atoms with Crippen LogP contribution in [-0.2, 0) is 21.2 Å². The fraction of sp³-hybridized carbons (Fsp3) is 0.300. The molecule has 0 aromatic heterocycles. The number of carbonyl (C=O) groups excluding carboxylic acids is 2. The van der Waals surface area contributed by atoms with E-state index in [9.17, 15) is 18.0 Å². The monoisotopic (exact) mass is 371 g/mol. The van der Waals surface area contributed by atoms with E-state index in [1.807, 2.05) is 12.1 Å². The predicted molar refractivity (Wildman–Crippen MR) is 99.6 cm³/mol. The van der Waals surface area contributed by atoms with Crippen molar-refractivity contribution in [2.75, 3.05) is 6.54 Å². The number of Topliss-reactive ketones (excluding diaryl/α,β-unsaturated/α-hetero) is 1. The lowest BCUT2D eigenvalue weighted by molar-refractivity contribution is 0.0806. The summed E-state index contributed by atoms with van der Waals surface area (Å²) in [5.74, 6) is -1.32. The van der Waals surface area contributed by atoms with Crippen molar-refractivity contribution in [3.8, 4) is 0 Å². The summed E-state index contributed by atoms with van der Waals surface area (Å²) in [4.78, 5) is 25.1. The van der Waals surface area contributed by atoms with Gasteiger partial charge >= 0.3 is 0 Å². The standard InChI is InChI=1S/C20H21NO4S/c1-20(2,3)16-10-8-14(9-11-16)18(22)12-21-19(23)17-7-5-4-6-15(17)13-26(21,24)25/h4-11H,12-13H2,1-3H3. The first-order chi connectivity index (χ1) is 12.1. The smallest absolute Gasteiger partial charge is 0.268 e. The first-order valence-electron chi connectivity index (χ1n) is 8.36. The van der Waals surface area contributed by atoms with E-state index in [-0.39, 0.29) is 11.2 Å². The van der Waals surface area contributed by atoms with E-state index in [4.69, 9.17) is 0 Å². The van der Waals surface area contributed by atoms with E-state index in [1.165, 1.54) is 0 Å². The zero-order valence-corrected chi connectivity index (χ0v) is 15.8. The Balaban J connectivity index is 1.86. The topological polar surface area (TPSA) is 71.5 Å². The lowest BCUT2D eigenvalue weighted by atomic mass is 9.86. The third-order valence-electron chi connectivity index (χ3n) is 4.51. The maximum Gasteiger partial charge on any atom is 0.268 e. The number of fused-ring (bicyclic) bond motifs is 1. The molecule has 2 aromatic rings. The van der Waals surface area contributed by atoms with Crippen molar-refractivity contribution in [1.29, 1.82) is 0 Å². The lowest BCUT2D eigenvalue weighted by Crippen LogP contribution is -2.44. The minimum Gasteiger partial charge on any atom is -0.292 e. The number of carbonyl (C=O) groups is 2. The first-order valence-corrected chi connectivity index (χ1v) is 9.97. The van der Waals surface area contributed by atoms with Crippen LogP contribution in [0.1, 0.15) is 52.6 Å². The molecule has 0 atom stereocenters. The zero-order chi connectivity index (χ0) is 19.1. The van der Waals surface area contributed by atoms with E-state index in [0.29, 0.717) is 21.0 Å². The highest BCUT2D eigenvalue weighted by molar-refractivity contribution is 7.89. The van der Waals surface area contributed by atoms with Crippen LogP contribution in [0.4, 0.5) is 0 Å². The summed E-state index contributed by atoms with van der Waals surface area (Å²) in [5, 5.41) is 0. The Labute approximate surface area is 153 Å². The van der Waals surface area contributed by atoms with Gasteiger partial charge in [0.1, 0.15) is 6.54 Å². The summed E-state index contributed by atoms with van der Waals surface area (Å²) in [7, 11) is -3.86. The second kappa shape index (κ2) is 6.36. The number of benzene rings is 2. The van der Waals surface area contributed by atoms with Gasteiger partial charge in [0, 0.05) is 11.1 Å². The van der Waals surface area contributed by atoms with Crippen LogP contribution in [0.3, 0.4) is 0 Å². The molecule has 0 bridgehead atoms. The van der Waals surface area contributed by atoms with Crippen LogP contribution >= 0.6 is 0 Å². The molecule has 0 N–H and O–H groups in total. The van der Waals surface area contributed by atoms with E-state index in [2.05, 4.69) is 20.8 Å². The van der Waals surface area contributed by atoms with Gasteiger partial charge in [0.15, 0.2) is 5.78 Å². The Morgan fingerprint density at radius 1 is 1.04 bits per heavy atom. The van der Waals surface area contributed by atoms with Gasteiger partial charge in [-0.15, -0.1) is 0 Å². The van der Waals surface area contributed by atoms with Crippen LogP contribution in [-0.4, -0.2) is 31.0 Å². The fourth-order valence-corrected chi connectivity index (χ4v) is 4.40. The minimum atomic E-state index is -3.86. The molecule has 0 spiro atoms. The normalized spacial score (nSPS) is 16.3. The molecular formula is C20H21NO4S. The zero-order valence-electron chi connectivity index (χ0n) is 15.0. The molecule has 1 aliphatic heterocycles. The van der Waals surface area contributed by atoms with Crippen molar-refractivity contribution in [1.82, 2.24) is 4.31 Å². The van der Waals surface area contributed by atoms with Gasteiger partial charge in [0.25, 0.3) is 5.91 Å². The molecule has 1 aliphatic rings. The number of nitrogens with zero attached hydrogens (tertiary/aromatic N) is 1. The number of hydrogen-bond donors (Lipinski definition) is 0. The Morgan fingerprint density at radius 2 is 1.65 bits per heavy atom. The van der Waals surface area contributed by atoms with Crippen LogP contribution in [0.15, 0.2) is 48.5 Å². The molecule has 0 aliphatic carbocycles. The third kappa shape index (κ3) is 3.42. The van der Waals surface area contributed by atoms with Crippen LogP contribution in [0.25, 0.3) is 0 Å². The Kier molecular flexibility index (Phi) is 4.48. The second-order valence-corrected chi connectivity index (χ2v) is 9.37. The maximum atomic E-state index is 12.6. The van der Waals surface area contributed by atoms with Gasteiger partial charge in [-0.05, 0) is 22.6 Å². The van der Waals surface area contributed by atoms with Crippen LogP contribution in [0, 0.1) is 0 Å². The largest absolute Gasteiger partial charge is 0.292 e. The molecule has 0 unspecified atom stereocenters. The highest BCUT2D eigenvalue weighted by atomic mass is 32.2. The highest BCUT2D eigenvalue weighted by Crippen LogP contribution is 2.26. The third-order valence-corrected chi connectivity index (χ3v) is 6.15. The van der Waals surface area contributed by atoms with Crippen LogP contribution in [0.2, 0.25) is 0 Å². The average molecular weight is 371 g/mol. The van der Waals surface area contributed by atoms with Gasteiger partial charge in [0.05, 0.1) is 5.75 Å². The van der Waals surface area contributed by atoms with Gasteiger partial charge in [-0.1, -0.05) is 63.2 Å². The van der Waals surface area contributed by atoms with Crippen molar-refractivity contribution in [3.63, 3.8) is 0 Å². The molecule has 2 aromatic carbocycles. The summed E-state index contributed by atoms with van der Waals surface area (Å²) >= 11 is 0. The molecule has 6 heteroatoms. The first kappa shape index (κ1) is 18.3. The van der Waals surface area contributed by atoms with Crippen molar-refractivity contribution < 1.29 is 18.0 Å². The van der Waals surface area contributed by atoms with Gasteiger partial charge in [-0.25, -0.2) is 12.7 Å². The molecule has 1 amide bonds. The summed E-state index contributed by atoms with van der Waals surface area (Å²) in [6, 6.07) is 13.6. The van der Waals surface area contributed by atoms with Gasteiger partial charge in [-0.3, -0.25) is 9.59 Å². The molecule has 0 radical (unpaired) electrons. The average Bonchev–Trinajstić information content (AvgIpc) is 2.57. The number of amides is 1. The Morgan fingerprint density at radius 3 is 2.27 bits per heavy atom. The van der Waals surface area contributed by atoms with Crippen molar-refractivity contribution in [2.45, 2.75) is 31.9 Å². The van der Waals surface area contributed by atoms with E-state index in [1.54, 1.807) is 36.4 Å². The molecule has 0 saturated heterocycles. The van der Waals surface area contributed by atoms with E-state index >= 15 is 0 Å². The summed E-state index contributed by atoms with van der Waals surface area (Å²) < 4.78 is 25.6. The molecular weight excluding hydrogens is 350 g/mol. The SMILES string of the molecule is CC(C)(C)c1ccc(C(=O)CN2C(=O)c3ccccc3CS2(=O)=O)cc1. The lowest BCUT2D eigenvalue weighted by Gasteiger charge is -2.27. The highest BCUT2D eigenvalue weighted by Gasteiger charge is 2.36. The number of rotatable bonds is 3. The Bertz CT molecular complexity index is 970. The van der Waals surface area contributed by atoms with E-state index in [0.717, 1.165) is 5.56 Å². The molecule has 0 fully saturated rings. The molecule has 136 valence electrons. The number of ketones is 1. The summed E-state index contributed by atoms with van der Waals surface area (Å²) in [5.41, 5.74) is 2.22. The van der Waals surface area contributed by atoms with Crippen molar-refractivity contribution in [2.24, 2.45) is 0 Å². The van der Waals surface area contributed by atoms with Crippen molar-refractivity contribution >= 4 is 21.7 Å². The van der Waals surface area contributed by atoms with Crippen molar-refractivity contribution in [3.05, 3.63) is 70.8 Å². The second-order valence-electron chi connectivity index (χ2n) is 7.48. The minimum absolute atomic E-state index is 0.0442. The molecule has 26 heavy (non-hydrogen) atoms. The van der Waals surface area contributed by atoms with Crippen LogP contribution in [0.5, 0.6) is 0 Å². The van der Waals surface area contributed by atoms with Crippen LogP contribution < -0.4 is 0 Å².